The molecular weight excluding hydrogens is 449 g/mol. The van der Waals surface area contributed by atoms with Crippen molar-refractivity contribution in [3.05, 3.63) is 47.8 Å². The van der Waals surface area contributed by atoms with E-state index < -0.39 is 11.8 Å². The zero-order valence-corrected chi connectivity index (χ0v) is 19.5. The van der Waals surface area contributed by atoms with E-state index in [0.29, 0.717) is 31.7 Å². The first-order chi connectivity index (χ1) is 15.7. The van der Waals surface area contributed by atoms with Crippen LogP contribution in [0.25, 0.3) is 11.1 Å². The lowest BCUT2D eigenvalue weighted by atomic mass is 10.0. The number of hydrogen-bond donors (Lipinski definition) is 0. The number of amides is 1. The molecule has 0 bridgehead atoms. The Morgan fingerprint density at radius 2 is 1.82 bits per heavy atom. The molecule has 0 radical (unpaired) electrons. The highest BCUT2D eigenvalue weighted by Gasteiger charge is 2.57. The molecule has 33 heavy (non-hydrogen) atoms. The Hall–Kier alpha value is -2.39. The number of piperazine rings is 1. The molecule has 2 fully saturated rings. The van der Waals surface area contributed by atoms with Gasteiger partial charge in [-0.3, -0.25) is 18.3 Å². The van der Waals surface area contributed by atoms with Crippen molar-refractivity contribution >= 4 is 29.4 Å². The van der Waals surface area contributed by atoms with Crippen molar-refractivity contribution in [2.24, 2.45) is 5.92 Å². The van der Waals surface area contributed by atoms with Gasteiger partial charge in [-0.2, -0.15) is 0 Å². The number of carbonyl (C=O) groups excluding carboxylic acids is 1. The Balaban J connectivity index is 1.32. The number of anilines is 2. The molecule has 1 saturated heterocycles. The van der Waals surface area contributed by atoms with E-state index in [1.807, 2.05) is 50.9 Å². The van der Waals surface area contributed by atoms with Crippen molar-refractivity contribution in [1.29, 1.82) is 0 Å². The number of halogens is 3. The van der Waals surface area contributed by atoms with Crippen LogP contribution in [-0.4, -0.2) is 61.4 Å². The van der Waals surface area contributed by atoms with Crippen LogP contribution in [0.4, 0.5) is 24.5 Å². The van der Waals surface area contributed by atoms with Gasteiger partial charge in [0.05, 0.1) is 23.5 Å². The minimum absolute atomic E-state index is 0.0526. The van der Waals surface area contributed by atoms with Crippen molar-refractivity contribution in [2.45, 2.75) is 25.8 Å². The molecule has 2 aromatic carbocycles. The van der Waals surface area contributed by atoms with Crippen molar-refractivity contribution in [3.8, 4) is 11.1 Å². The van der Waals surface area contributed by atoms with Gasteiger partial charge in [-0.05, 0) is 35.4 Å². The average Bonchev–Trinajstić information content (AvgIpc) is 3.27. The Morgan fingerprint density at radius 3 is 2.48 bits per heavy atom. The fourth-order valence-corrected chi connectivity index (χ4v) is 5.58. The fraction of sp³-hybridized carbons (Fsp3) is 0.458. The van der Waals surface area contributed by atoms with Crippen LogP contribution in [0.1, 0.15) is 18.9 Å². The van der Waals surface area contributed by atoms with Gasteiger partial charge in [0, 0.05) is 71.1 Å². The third-order valence-electron chi connectivity index (χ3n) is 6.71. The SMILES string of the molecule is CC(=O)N1CCN(Cc2ccc(F)c(-c3ccc4c(c3)N(C)SN4CC3CC3(F)F)c2)CC1. The smallest absolute Gasteiger partial charge is 0.253 e. The Morgan fingerprint density at radius 1 is 1.09 bits per heavy atom. The van der Waals surface area contributed by atoms with E-state index >= 15 is 0 Å². The normalized spacial score (nSPS) is 22.0. The number of rotatable bonds is 5. The van der Waals surface area contributed by atoms with Gasteiger partial charge in [0.25, 0.3) is 5.92 Å². The summed E-state index contributed by atoms with van der Waals surface area (Å²) in [5.74, 6) is -3.34. The van der Waals surface area contributed by atoms with Crippen LogP contribution in [0, 0.1) is 11.7 Å². The number of hydrogen-bond acceptors (Lipinski definition) is 5. The maximum atomic E-state index is 14.8. The summed E-state index contributed by atoms with van der Waals surface area (Å²) in [5, 5.41) is 0. The summed E-state index contributed by atoms with van der Waals surface area (Å²) in [6.45, 7) is 5.60. The molecule has 1 amide bonds. The summed E-state index contributed by atoms with van der Waals surface area (Å²) in [7, 11) is 1.89. The molecule has 0 spiro atoms. The molecule has 176 valence electrons. The van der Waals surface area contributed by atoms with Crippen LogP contribution in [0.15, 0.2) is 36.4 Å². The molecule has 2 aromatic rings. The number of nitrogens with zero attached hydrogens (tertiary/aromatic N) is 4. The average molecular weight is 477 g/mol. The van der Waals surface area contributed by atoms with Crippen LogP contribution < -0.4 is 8.61 Å². The van der Waals surface area contributed by atoms with Gasteiger partial charge in [0.1, 0.15) is 5.82 Å². The molecule has 1 atom stereocenters. The molecule has 5 nitrogen and oxygen atoms in total. The lowest BCUT2D eigenvalue weighted by Crippen LogP contribution is -2.47. The Bertz CT molecular complexity index is 1070. The molecule has 3 aliphatic rings. The van der Waals surface area contributed by atoms with Crippen LogP contribution in [0.2, 0.25) is 0 Å². The van der Waals surface area contributed by atoms with Crippen molar-refractivity contribution in [1.82, 2.24) is 9.80 Å². The van der Waals surface area contributed by atoms with Gasteiger partial charge in [-0.15, -0.1) is 0 Å². The summed E-state index contributed by atoms with van der Waals surface area (Å²) in [5.41, 5.74) is 4.09. The van der Waals surface area contributed by atoms with Crippen LogP contribution in [-0.2, 0) is 11.3 Å². The molecule has 1 saturated carbocycles. The van der Waals surface area contributed by atoms with Crippen LogP contribution >= 0.6 is 12.1 Å². The molecular formula is C24H27F3N4OS. The van der Waals surface area contributed by atoms with Gasteiger partial charge >= 0.3 is 0 Å². The van der Waals surface area contributed by atoms with E-state index in [4.69, 9.17) is 0 Å². The van der Waals surface area contributed by atoms with E-state index in [2.05, 4.69) is 4.90 Å². The quantitative estimate of drug-likeness (QED) is 0.587. The highest BCUT2D eigenvalue weighted by atomic mass is 32.2. The van der Waals surface area contributed by atoms with Crippen molar-refractivity contribution in [3.63, 3.8) is 0 Å². The molecule has 0 aromatic heterocycles. The lowest BCUT2D eigenvalue weighted by molar-refractivity contribution is -0.130. The molecule has 2 aliphatic heterocycles. The molecule has 2 heterocycles. The first kappa shape index (κ1) is 22.4. The van der Waals surface area contributed by atoms with Crippen LogP contribution in [0.5, 0.6) is 0 Å². The minimum Gasteiger partial charge on any atom is -0.340 e. The topological polar surface area (TPSA) is 30.0 Å². The monoisotopic (exact) mass is 476 g/mol. The summed E-state index contributed by atoms with van der Waals surface area (Å²) < 4.78 is 45.4. The van der Waals surface area contributed by atoms with Gasteiger partial charge in [0.15, 0.2) is 0 Å². The van der Waals surface area contributed by atoms with E-state index in [-0.39, 0.29) is 18.1 Å². The summed E-state index contributed by atoms with van der Waals surface area (Å²) in [6.07, 6.45) is -0.0526. The molecule has 1 aliphatic carbocycles. The second-order valence-electron chi connectivity index (χ2n) is 9.10. The van der Waals surface area contributed by atoms with E-state index in [0.717, 1.165) is 35.6 Å². The van der Waals surface area contributed by atoms with Gasteiger partial charge in [-0.25, -0.2) is 13.2 Å². The van der Waals surface area contributed by atoms with E-state index in [9.17, 15) is 18.0 Å². The molecule has 1 unspecified atom stereocenters. The Labute approximate surface area is 196 Å². The maximum Gasteiger partial charge on any atom is 0.253 e. The van der Waals surface area contributed by atoms with E-state index in [1.54, 1.807) is 6.92 Å². The second kappa shape index (κ2) is 8.43. The molecule has 9 heteroatoms. The zero-order valence-electron chi connectivity index (χ0n) is 18.7. The van der Waals surface area contributed by atoms with Crippen LogP contribution in [0.3, 0.4) is 0 Å². The number of benzene rings is 2. The third kappa shape index (κ3) is 4.53. The minimum atomic E-state index is -2.55. The maximum absolute atomic E-state index is 14.8. The highest BCUT2D eigenvalue weighted by molar-refractivity contribution is 8.02. The van der Waals surface area contributed by atoms with E-state index in [1.165, 1.54) is 18.2 Å². The van der Waals surface area contributed by atoms with Gasteiger partial charge in [0.2, 0.25) is 5.91 Å². The predicted octanol–water partition coefficient (Wildman–Crippen LogP) is 4.63. The summed E-state index contributed by atoms with van der Waals surface area (Å²) in [6, 6.07) is 10.9. The first-order valence-electron chi connectivity index (χ1n) is 11.2. The standard InChI is InChI=1S/C24H27F3N4OS/c1-16(32)30-9-7-29(8-10-30)14-17-3-5-21(25)20(11-17)18-4-6-22-23(12-18)28(2)33-31(22)15-19-13-24(19,26)27/h3-6,11-12,19H,7-10,13-15H2,1-2H3. The zero-order chi connectivity index (χ0) is 23.3. The van der Waals surface area contributed by atoms with Gasteiger partial charge < -0.3 is 4.90 Å². The number of alkyl halides is 2. The third-order valence-corrected chi connectivity index (χ3v) is 7.70. The van der Waals surface area contributed by atoms with Gasteiger partial charge in [-0.1, -0.05) is 12.1 Å². The fourth-order valence-electron chi connectivity index (χ4n) is 4.56. The molecule has 0 N–H and O–H groups in total. The predicted molar refractivity (Wildman–Crippen MR) is 126 cm³/mol. The number of carbonyl (C=O) groups is 1. The largest absolute Gasteiger partial charge is 0.340 e. The summed E-state index contributed by atoms with van der Waals surface area (Å²) >= 11 is 1.41. The second-order valence-corrected chi connectivity index (χ2v) is 10.3. The first-order valence-corrected chi connectivity index (χ1v) is 11.9. The molecule has 5 rings (SSSR count). The number of fused-ring (bicyclic) bond motifs is 1. The lowest BCUT2D eigenvalue weighted by Gasteiger charge is -2.34. The summed E-state index contributed by atoms with van der Waals surface area (Å²) in [4.78, 5) is 15.7. The highest BCUT2D eigenvalue weighted by Crippen LogP contribution is 2.53. The van der Waals surface area contributed by atoms with Crippen molar-refractivity contribution < 1.29 is 18.0 Å². The Kier molecular flexibility index (Phi) is 5.73. The van der Waals surface area contributed by atoms with Crippen molar-refractivity contribution in [2.75, 3.05) is 48.4 Å².